The van der Waals surface area contributed by atoms with E-state index in [1.54, 1.807) is 42.5 Å². The molecule has 1 saturated heterocycles. The second-order valence-electron chi connectivity index (χ2n) is 9.19. The molecule has 1 aliphatic heterocycles. The highest BCUT2D eigenvalue weighted by molar-refractivity contribution is 7.89. The molecule has 0 radical (unpaired) electrons. The van der Waals surface area contributed by atoms with Crippen LogP contribution in [-0.4, -0.2) is 50.4 Å². The predicted octanol–water partition coefficient (Wildman–Crippen LogP) is 5.03. The normalized spacial score (nSPS) is 15.0. The Kier molecular flexibility index (Phi) is 7.69. The second kappa shape index (κ2) is 11.1. The number of hydrogen-bond acceptors (Lipinski definition) is 6. The van der Waals surface area contributed by atoms with Crippen LogP contribution in [0.1, 0.15) is 40.6 Å². The van der Waals surface area contributed by atoms with E-state index in [9.17, 15) is 13.2 Å². The summed E-state index contributed by atoms with van der Waals surface area (Å²) in [6, 6.07) is 19.3. The molecule has 0 saturated carbocycles. The Morgan fingerprint density at radius 1 is 1.11 bits per heavy atom. The molecule has 8 nitrogen and oxygen atoms in total. The van der Waals surface area contributed by atoms with Crippen molar-refractivity contribution in [2.45, 2.75) is 30.1 Å². The number of fused-ring (bicyclic) bond motifs is 1. The maximum Gasteiger partial charge on any atom is 0.255 e. The van der Waals surface area contributed by atoms with Crippen LogP contribution in [0.2, 0.25) is 5.02 Å². The van der Waals surface area contributed by atoms with Gasteiger partial charge in [-0.1, -0.05) is 35.9 Å². The van der Waals surface area contributed by atoms with Gasteiger partial charge < -0.3 is 14.5 Å². The van der Waals surface area contributed by atoms with Gasteiger partial charge in [0.15, 0.2) is 11.5 Å². The van der Waals surface area contributed by atoms with Crippen molar-refractivity contribution in [1.82, 2.24) is 14.6 Å². The van der Waals surface area contributed by atoms with Crippen LogP contribution in [0.4, 0.5) is 0 Å². The van der Waals surface area contributed by atoms with Gasteiger partial charge >= 0.3 is 0 Å². The van der Waals surface area contributed by atoms with Crippen molar-refractivity contribution < 1.29 is 22.4 Å². The molecule has 0 bridgehead atoms. The van der Waals surface area contributed by atoms with Crippen LogP contribution in [0.3, 0.4) is 0 Å². The number of hydrogen-bond donors (Lipinski definition) is 1. The largest absolute Gasteiger partial charge is 0.496 e. The Hall–Kier alpha value is -3.40. The molecular weight excluding hydrogens is 526 g/mol. The summed E-state index contributed by atoms with van der Waals surface area (Å²) in [5, 5.41) is 3.30. The minimum Gasteiger partial charge on any atom is -0.496 e. The molecule has 1 aliphatic rings. The number of benzene rings is 3. The van der Waals surface area contributed by atoms with Crippen LogP contribution in [0, 0.1) is 0 Å². The summed E-state index contributed by atoms with van der Waals surface area (Å²) in [6.07, 6.45) is 1.85. The van der Waals surface area contributed by atoms with E-state index < -0.39 is 10.0 Å². The number of amides is 1. The molecule has 0 atom stereocenters. The number of sulfonamides is 1. The minimum atomic E-state index is -3.60. The fraction of sp³-hybridized carbons (Fsp3) is 0.286. The highest BCUT2D eigenvalue weighted by Crippen LogP contribution is 2.32. The predicted molar refractivity (Wildman–Crippen MR) is 145 cm³/mol. The van der Waals surface area contributed by atoms with Crippen molar-refractivity contribution in [3.63, 3.8) is 0 Å². The number of rotatable bonds is 8. The molecule has 10 heteroatoms. The van der Waals surface area contributed by atoms with Crippen molar-refractivity contribution in [1.29, 1.82) is 0 Å². The zero-order chi connectivity index (χ0) is 26.7. The van der Waals surface area contributed by atoms with Crippen molar-refractivity contribution in [3.05, 3.63) is 88.8 Å². The van der Waals surface area contributed by atoms with Crippen molar-refractivity contribution in [2.24, 2.45) is 0 Å². The molecule has 1 amide bonds. The maximum atomic E-state index is 13.2. The SMILES string of the molecule is COc1ccc(Cl)cc1C(=O)NCCc1ccc(S(=O)(=O)N2CCC(c3nc4ccccc4o3)CC2)cc1. The lowest BCUT2D eigenvalue weighted by Crippen LogP contribution is -2.37. The van der Waals surface area contributed by atoms with Crippen LogP contribution >= 0.6 is 11.6 Å². The van der Waals surface area contributed by atoms with Crippen LogP contribution in [-0.2, 0) is 16.4 Å². The number of nitrogens with zero attached hydrogens (tertiary/aromatic N) is 2. The molecular formula is C28H28ClN3O5S. The summed E-state index contributed by atoms with van der Waals surface area (Å²) in [5.41, 5.74) is 2.85. The topological polar surface area (TPSA) is 102 Å². The van der Waals surface area contributed by atoms with Gasteiger partial charge in [0.25, 0.3) is 5.91 Å². The average Bonchev–Trinajstić information content (AvgIpc) is 3.38. The van der Waals surface area contributed by atoms with Gasteiger partial charge in [0.1, 0.15) is 11.3 Å². The van der Waals surface area contributed by atoms with E-state index in [2.05, 4.69) is 10.3 Å². The van der Waals surface area contributed by atoms with E-state index in [0.29, 0.717) is 61.1 Å². The minimum absolute atomic E-state index is 0.0957. The van der Waals surface area contributed by atoms with Gasteiger partial charge in [0.05, 0.1) is 17.6 Å². The third kappa shape index (κ3) is 5.55. The van der Waals surface area contributed by atoms with E-state index in [0.717, 1.165) is 16.7 Å². The van der Waals surface area contributed by atoms with Gasteiger partial charge in [-0.2, -0.15) is 4.31 Å². The first kappa shape index (κ1) is 26.2. The first-order chi connectivity index (χ1) is 18.3. The molecule has 38 heavy (non-hydrogen) atoms. The number of carbonyl (C=O) groups is 1. The number of piperidine rings is 1. The third-order valence-electron chi connectivity index (χ3n) is 6.78. The number of ether oxygens (including phenoxy) is 1. The lowest BCUT2D eigenvalue weighted by atomic mass is 9.98. The van der Waals surface area contributed by atoms with E-state index in [-0.39, 0.29) is 16.7 Å². The van der Waals surface area contributed by atoms with Crippen LogP contribution < -0.4 is 10.1 Å². The smallest absolute Gasteiger partial charge is 0.255 e. The molecule has 2 heterocycles. The quantitative estimate of drug-likeness (QED) is 0.328. The first-order valence-corrected chi connectivity index (χ1v) is 14.2. The van der Waals surface area contributed by atoms with E-state index >= 15 is 0 Å². The summed E-state index contributed by atoms with van der Waals surface area (Å²) in [7, 11) is -2.11. The maximum absolute atomic E-state index is 13.2. The van der Waals surface area contributed by atoms with E-state index in [1.807, 2.05) is 24.3 Å². The number of para-hydroxylation sites is 2. The Morgan fingerprint density at radius 2 is 1.84 bits per heavy atom. The number of nitrogens with one attached hydrogen (secondary N) is 1. The molecule has 4 aromatic rings. The van der Waals surface area contributed by atoms with Crippen molar-refractivity contribution in [3.8, 4) is 5.75 Å². The molecule has 1 N–H and O–H groups in total. The Morgan fingerprint density at radius 3 is 2.55 bits per heavy atom. The fourth-order valence-corrected chi connectivity index (χ4v) is 6.30. The molecule has 5 rings (SSSR count). The molecule has 3 aromatic carbocycles. The highest BCUT2D eigenvalue weighted by atomic mass is 35.5. The molecule has 1 fully saturated rings. The first-order valence-electron chi connectivity index (χ1n) is 12.4. The standard InChI is InChI=1S/C28H28ClN3O5S/c1-36-25-11-8-21(29)18-23(25)27(33)30-15-12-19-6-9-22(10-7-19)38(34,35)32-16-13-20(14-17-32)28-31-24-4-2-3-5-26(24)37-28/h2-11,18,20H,12-17H2,1H3,(H,30,33). The summed E-state index contributed by atoms with van der Waals surface area (Å²) < 4.78 is 39.1. The number of halogens is 1. The molecule has 1 aromatic heterocycles. The van der Waals surface area contributed by atoms with Gasteiger partial charge in [0, 0.05) is 30.6 Å². The lowest BCUT2D eigenvalue weighted by Gasteiger charge is -2.29. The summed E-state index contributed by atoms with van der Waals surface area (Å²) in [4.78, 5) is 17.4. The van der Waals surface area contributed by atoms with Crippen molar-refractivity contribution >= 4 is 38.6 Å². The Balaban J connectivity index is 1.15. The van der Waals surface area contributed by atoms with Crippen molar-refractivity contribution in [2.75, 3.05) is 26.7 Å². The summed E-state index contributed by atoms with van der Waals surface area (Å²) >= 11 is 6.01. The molecule has 0 aliphatic carbocycles. The molecule has 198 valence electrons. The summed E-state index contributed by atoms with van der Waals surface area (Å²) in [5.74, 6) is 0.927. The zero-order valence-electron chi connectivity index (χ0n) is 20.9. The molecule has 0 spiro atoms. The Bertz CT molecular complexity index is 1510. The second-order valence-corrected chi connectivity index (χ2v) is 11.6. The number of aromatic nitrogens is 1. The number of methoxy groups -OCH3 is 1. The monoisotopic (exact) mass is 553 g/mol. The van der Waals surface area contributed by atoms with Crippen LogP contribution in [0.25, 0.3) is 11.1 Å². The van der Waals surface area contributed by atoms with Gasteiger partial charge in [-0.25, -0.2) is 13.4 Å². The average molecular weight is 554 g/mol. The van der Waals surface area contributed by atoms with Gasteiger partial charge in [0.2, 0.25) is 10.0 Å². The van der Waals surface area contributed by atoms with Gasteiger partial charge in [-0.05, 0) is 67.3 Å². The van der Waals surface area contributed by atoms with Crippen LogP contribution in [0.5, 0.6) is 5.75 Å². The van der Waals surface area contributed by atoms with Crippen LogP contribution in [0.15, 0.2) is 76.0 Å². The lowest BCUT2D eigenvalue weighted by molar-refractivity contribution is 0.0951. The van der Waals surface area contributed by atoms with E-state index in [4.69, 9.17) is 20.8 Å². The van der Waals surface area contributed by atoms with E-state index in [1.165, 1.54) is 11.4 Å². The van der Waals surface area contributed by atoms with Gasteiger partial charge in [-0.3, -0.25) is 4.79 Å². The third-order valence-corrected chi connectivity index (χ3v) is 8.93. The fourth-order valence-electron chi connectivity index (χ4n) is 4.66. The van der Waals surface area contributed by atoms with Gasteiger partial charge in [-0.15, -0.1) is 0 Å². The zero-order valence-corrected chi connectivity index (χ0v) is 22.5. The molecule has 0 unspecified atom stereocenters. The summed E-state index contributed by atoms with van der Waals surface area (Å²) in [6.45, 7) is 1.20. The highest BCUT2D eigenvalue weighted by Gasteiger charge is 2.31. The Labute approximate surface area is 226 Å². The number of oxazole rings is 1. The number of carbonyl (C=O) groups excluding carboxylic acids is 1.